The number of hydrogen-bond acceptors (Lipinski definition) is 3. The zero-order valence-corrected chi connectivity index (χ0v) is 33.4. The number of furan rings is 2. The largest absolute Gasteiger partial charge is 0.455 e. The van der Waals surface area contributed by atoms with Crippen LogP contribution >= 0.6 is 31.9 Å². The van der Waals surface area contributed by atoms with E-state index in [0.29, 0.717) is 0 Å². The average Bonchev–Trinajstić information content (AvgIpc) is 3.97. The van der Waals surface area contributed by atoms with Crippen molar-refractivity contribution in [3.8, 4) is 5.69 Å². The Balaban J connectivity index is 0.000000135. The van der Waals surface area contributed by atoms with Crippen molar-refractivity contribution in [1.29, 1.82) is 0 Å². The molecule has 0 aliphatic carbocycles. The third-order valence-electron chi connectivity index (χ3n) is 10.1. The van der Waals surface area contributed by atoms with Crippen molar-refractivity contribution >= 4 is 119 Å². The molecule has 57 heavy (non-hydrogen) atoms. The van der Waals surface area contributed by atoms with E-state index in [0.717, 1.165) is 80.4 Å². The number of rotatable bonds is 1. The molecule has 6 nitrogen and oxygen atoms in total. The molecule has 4 aromatic heterocycles. The van der Waals surface area contributed by atoms with Gasteiger partial charge in [0, 0.05) is 52.5 Å². The molecule has 0 amide bonds. The third kappa shape index (κ3) is 6.54. The predicted molar refractivity (Wildman–Crippen MR) is 242 cm³/mol. The number of para-hydroxylation sites is 3. The molecule has 0 bridgehead atoms. The molecule has 0 unspecified atom stereocenters. The van der Waals surface area contributed by atoms with Gasteiger partial charge in [0.15, 0.2) is 0 Å². The van der Waals surface area contributed by atoms with Crippen LogP contribution in [0, 0.1) is 5.82 Å². The Kier molecular flexibility index (Phi) is 10.2. The number of hydrogen-bond donors (Lipinski definition) is 2. The van der Waals surface area contributed by atoms with Crippen molar-refractivity contribution in [2.24, 2.45) is 0 Å². The van der Waals surface area contributed by atoms with Gasteiger partial charge < -0.3 is 30.0 Å². The molecular weight excluding hydrogens is 845 g/mol. The van der Waals surface area contributed by atoms with Crippen molar-refractivity contribution in [3.05, 3.63) is 185 Å². The standard InChI is InChI=1S/C24H14BrNO.C18H10BrNO.C6H5F.H3N.H2O/c25-15-10-11-17-18-12-13-21-23(24(18)27-22(17)14-15)19-8-4-5-9-20(19)26(21)16-6-2-1-3-7-16;19-10-5-6-11-12-7-8-15-17(18(12)21-16(11)9-10)13-3-1-2-4-14(13)20-15;7-6-4-2-1-3-5-6;;/h1-14H;1-9,20H;1-5H;1H3;1H2. The summed E-state index contributed by atoms with van der Waals surface area (Å²) >= 11 is 7.06. The van der Waals surface area contributed by atoms with Crippen LogP contribution in [0.4, 0.5) is 4.39 Å². The fourth-order valence-electron chi connectivity index (χ4n) is 7.67. The first-order chi connectivity index (χ1) is 27.0. The summed E-state index contributed by atoms with van der Waals surface area (Å²) in [5.41, 5.74) is 9.48. The fourth-order valence-corrected chi connectivity index (χ4v) is 8.35. The first-order valence-corrected chi connectivity index (χ1v) is 19.4. The number of nitrogens with zero attached hydrogens (tertiary/aromatic N) is 1. The maximum Gasteiger partial charge on any atom is 0.145 e. The van der Waals surface area contributed by atoms with E-state index in [-0.39, 0.29) is 17.4 Å². The zero-order valence-electron chi connectivity index (χ0n) is 30.3. The molecule has 0 fully saturated rings. The van der Waals surface area contributed by atoms with Crippen LogP contribution < -0.4 is 6.15 Å². The highest BCUT2D eigenvalue weighted by Gasteiger charge is 2.18. The molecule has 9 heteroatoms. The molecule has 12 aromatic rings. The van der Waals surface area contributed by atoms with Crippen molar-refractivity contribution in [3.63, 3.8) is 0 Å². The lowest BCUT2D eigenvalue weighted by Gasteiger charge is -2.07. The van der Waals surface area contributed by atoms with Gasteiger partial charge in [-0.2, -0.15) is 0 Å². The van der Waals surface area contributed by atoms with E-state index >= 15 is 0 Å². The van der Waals surface area contributed by atoms with Gasteiger partial charge in [-0.3, -0.25) is 0 Å². The molecule has 0 saturated carbocycles. The van der Waals surface area contributed by atoms with E-state index in [1.807, 2.05) is 24.3 Å². The summed E-state index contributed by atoms with van der Waals surface area (Å²) in [6, 6.07) is 56.4. The molecule has 280 valence electrons. The minimum absolute atomic E-state index is 0. The second kappa shape index (κ2) is 15.4. The number of aromatic amines is 1. The van der Waals surface area contributed by atoms with E-state index in [9.17, 15) is 4.39 Å². The molecule has 4 heterocycles. The highest BCUT2D eigenvalue weighted by atomic mass is 79.9. The van der Waals surface area contributed by atoms with Gasteiger partial charge in [0.05, 0.1) is 27.3 Å². The second-order valence-electron chi connectivity index (χ2n) is 13.3. The topological polar surface area (TPSA) is 114 Å². The third-order valence-corrected chi connectivity index (χ3v) is 11.0. The predicted octanol–water partition coefficient (Wildman–Crippen LogP) is 14.6. The van der Waals surface area contributed by atoms with Crippen molar-refractivity contribution < 1.29 is 18.7 Å². The van der Waals surface area contributed by atoms with Crippen LogP contribution in [0.25, 0.3) is 93.2 Å². The van der Waals surface area contributed by atoms with Gasteiger partial charge in [-0.25, -0.2) is 4.39 Å². The van der Waals surface area contributed by atoms with Gasteiger partial charge in [-0.15, -0.1) is 0 Å². The van der Waals surface area contributed by atoms with Gasteiger partial charge in [-0.1, -0.05) is 105 Å². The molecule has 0 spiro atoms. The zero-order chi connectivity index (χ0) is 37.0. The summed E-state index contributed by atoms with van der Waals surface area (Å²) in [7, 11) is 0. The summed E-state index contributed by atoms with van der Waals surface area (Å²) in [5.74, 6) is -0.178. The van der Waals surface area contributed by atoms with Crippen LogP contribution in [0.2, 0.25) is 0 Å². The Morgan fingerprint density at radius 1 is 0.456 bits per heavy atom. The average molecular weight is 880 g/mol. The molecule has 0 saturated heterocycles. The number of aromatic nitrogens is 2. The number of nitrogens with one attached hydrogen (secondary N) is 1. The van der Waals surface area contributed by atoms with Crippen LogP contribution in [0.3, 0.4) is 0 Å². The maximum atomic E-state index is 11.9. The lowest BCUT2D eigenvalue weighted by molar-refractivity contribution is 0.628. The van der Waals surface area contributed by atoms with Crippen molar-refractivity contribution in [1.82, 2.24) is 15.7 Å². The molecule has 0 radical (unpaired) electrons. The van der Waals surface area contributed by atoms with E-state index in [4.69, 9.17) is 8.83 Å². The quantitative estimate of drug-likeness (QED) is 0.171. The Bertz CT molecular complexity index is 3370. The number of halogens is 3. The van der Waals surface area contributed by atoms with Crippen LogP contribution in [0.1, 0.15) is 0 Å². The molecule has 12 rings (SSSR count). The van der Waals surface area contributed by atoms with E-state index in [2.05, 4.69) is 157 Å². The van der Waals surface area contributed by atoms with Gasteiger partial charge in [-0.05, 0) is 97.1 Å². The highest BCUT2D eigenvalue weighted by Crippen LogP contribution is 2.41. The normalized spacial score (nSPS) is 11.1. The first-order valence-electron chi connectivity index (χ1n) is 17.8. The number of fused-ring (bicyclic) bond motifs is 14. The smallest absolute Gasteiger partial charge is 0.145 e. The Labute approximate surface area is 342 Å². The molecular formula is C48H34Br2FN3O3. The molecule has 8 aromatic carbocycles. The van der Waals surface area contributed by atoms with Crippen LogP contribution in [-0.2, 0) is 0 Å². The summed E-state index contributed by atoms with van der Waals surface area (Å²) in [6.07, 6.45) is 0. The van der Waals surface area contributed by atoms with E-state index in [1.54, 1.807) is 18.2 Å². The summed E-state index contributed by atoms with van der Waals surface area (Å²) in [5, 5.41) is 9.36. The summed E-state index contributed by atoms with van der Waals surface area (Å²) < 4.78 is 28.8. The number of H-pyrrole nitrogens is 1. The van der Waals surface area contributed by atoms with Gasteiger partial charge in [0.2, 0.25) is 0 Å². The van der Waals surface area contributed by atoms with Gasteiger partial charge >= 0.3 is 0 Å². The molecule has 0 aliphatic rings. The minimum Gasteiger partial charge on any atom is -0.455 e. The lowest BCUT2D eigenvalue weighted by atomic mass is 10.1. The van der Waals surface area contributed by atoms with Crippen LogP contribution in [-0.4, -0.2) is 15.0 Å². The molecule has 0 atom stereocenters. The fraction of sp³-hybridized carbons (Fsp3) is 0. The van der Waals surface area contributed by atoms with Crippen molar-refractivity contribution in [2.45, 2.75) is 0 Å². The van der Waals surface area contributed by atoms with E-state index < -0.39 is 0 Å². The number of benzene rings is 8. The van der Waals surface area contributed by atoms with E-state index in [1.165, 1.54) is 33.8 Å². The second-order valence-corrected chi connectivity index (χ2v) is 15.2. The monoisotopic (exact) mass is 877 g/mol. The van der Waals surface area contributed by atoms with Gasteiger partial charge in [0.25, 0.3) is 0 Å². The summed E-state index contributed by atoms with van der Waals surface area (Å²) in [4.78, 5) is 3.46. The Morgan fingerprint density at radius 2 is 0.982 bits per heavy atom. The Morgan fingerprint density at radius 3 is 1.61 bits per heavy atom. The van der Waals surface area contributed by atoms with Crippen molar-refractivity contribution in [2.75, 3.05) is 0 Å². The maximum absolute atomic E-state index is 11.9. The first kappa shape index (κ1) is 37.7. The highest BCUT2D eigenvalue weighted by molar-refractivity contribution is 9.10. The van der Waals surface area contributed by atoms with Gasteiger partial charge in [0.1, 0.15) is 28.1 Å². The van der Waals surface area contributed by atoms with Crippen LogP contribution in [0.15, 0.2) is 188 Å². The van der Waals surface area contributed by atoms with Crippen LogP contribution in [0.5, 0.6) is 0 Å². The lowest BCUT2D eigenvalue weighted by Crippen LogP contribution is -1.92. The minimum atomic E-state index is -0.178. The molecule has 6 N–H and O–H groups in total. The SMILES string of the molecule is Brc1ccc2c(c1)oc1c2ccc2[nH]c3ccccc3c21.Brc1ccc2c(c1)oc1c2ccc2c1c1ccccc1n2-c1ccccc1.Fc1ccccc1.N.O. The molecule has 0 aliphatic heterocycles. The summed E-state index contributed by atoms with van der Waals surface area (Å²) in [6.45, 7) is 0. The Hall–Kier alpha value is -6.23.